The normalized spacial score (nSPS) is 11.3. The molecule has 2 rings (SSSR count). The molecule has 0 aliphatic rings. The van der Waals surface area contributed by atoms with Gasteiger partial charge in [0.2, 0.25) is 10.0 Å². The van der Waals surface area contributed by atoms with Gasteiger partial charge in [0.1, 0.15) is 6.61 Å². The Kier molecular flexibility index (Phi) is 4.93. The highest BCUT2D eigenvalue weighted by molar-refractivity contribution is 7.89. The molecule has 6 heteroatoms. The predicted octanol–water partition coefficient (Wildman–Crippen LogP) is 2.49. The number of para-hydroxylation sites is 1. The van der Waals surface area contributed by atoms with E-state index in [1.54, 1.807) is 24.3 Å². The molecule has 1 N–H and O–H groups in total. The molecule has 0 atom stereocenters. The average molecular weight is 309 g/mol. The molecule has 0 amide bonds. The summed E-state index contributed by atoms with van der Waals surface area (Å²) >= 11 is 0. The maximum Gasteiger partial charge on any atom is 0.240 e. The van der Waals surface area contributed by atoms with Crippen molar-refractivity contribution < 1.29 is 17.5 Å². The summed E-state index contributed by atoms with van der Waals surface area (Å²) in [6.45, 7) is 1.99. The standard InChI is InChI=1S/C15H16FNO3S/c1-12-6-8-13(9-7-12)21(18,19)17-10-11-20-15-5-3-2-4-14(15)16/h2-9,17H,10-11H2,1H3. The Hall–Kier alpha value is -1.92. The van der Waals surface area contributed by atoms with Crippen LogP contribution in [0.1, 0.15) is 5.56 Å². The summed E-state index contributed by atoms with van der Waals surface area (Å²) in [6.07, 6.45) is 0. The van der Waals surface area contributed by atoms with Gasteiger partial charge in [-0.1, -0.05) is 29.8 Å². The Morgan fingerprint density at radius 3 is 2.43 bits per heavy atom. The fraction of sp³-hybridized carbons (Fsp3) is 0.200. The number of ether oxygens (including phenoxy) is 1. The molecule has 0 saturated carbocycles. The largest absolute Gasteiger partial charge is 0.489 e. The van der Waals surface area contributed by atoms with Crippen molar-refractivity contribution in [3.8, 4) is 5.75 Å². The maximum atomic E-state index is 13.3. The first-order valence-electron chi connectivity index (χ1n) is 6.43. The average Bonchev–Trinajstić information content (AvgIpc) is 2.46. The zero-order valence-electron chi connectivity index (χ0n) is 11.5. The molecule has 0 aliphatic heterocycles. The van der Waals surface area contributed by atoms with E-state index in [-0.39, 0.29) is 23.8 Å². The summed E-state index contributed by atoms with van der Waals surface area (Å²) in [4.78, 5) is 0.194. The monoisotopic (exact) mass is 309 g/mol. The Morgan fingerprint density at radius 2 is 1.76 bits per heavy atom. The molecule has 21 heavy (non-hydrogen) atoms. The van der Waals surface area contributed by atoms with Gasteiger partial charge in [0.25, 0.3) is 0 Å². The molecule has 112 valence electrons. The number of aryl methyl sites for hydroxylation is 1. The molecule has 4 nitrogen and oxygen atoms in total. The quantitative estimate of drug-likeness (QED) is 0.834. The molecular formula is C15H16FNO3S. The van der Waals surface area contributed by atoms with E-state index in [9.17, 15) is 12.8 Å². The van der Waals surface area contributed by atoms with Gasteiger partial charge in [-0.05, 0) is 31.2 Å². The van der Waals surface area contributed by atoms with Gasteiger partial charge in [0, 0.05) is 6.54 Å². The van der Waals surface area contributed by atoms with Crippen molar-refractivity contribution in [3.63, 3.8) is 0 Å². The fourth-order valence-corrected chi connectivity index (χ4v) is 2.71. The number of hydrogen-bond donors (Lipinski definition) is 1. The molecule has 0 heterocycles. The zero-order chi connectivity index (χ0) is 15.3. The van der Waals surface area contributed by atoms with Crippen LogP contribution in [0.15, 0.2) is 53.4 Å². The van der Waals surface area contributed by atoms with Crippen LogP contribution in [0.2, 0.25) is 0 Å². The Balaban J connectivity index is 1.88. The number of sulfonamides is 1. The number of rotatable bonds is 6. The van der Waals surface area contributed by atoms with Crippen LogP contribution in [0.4, 0.5) is 4.39 Å². The van der Waals surface area contributed by atoms with E-state index in [0.717, 1.165) is 5.56 Å². The molecular weight excluding hydrogens is 293 g/mol. The summed E-state index contributed by atoms with van der Waals surface area (Å²) in [5.41, 5.74) is 0.983. The SMILES string of the molecule is Cc1ccc(S(=O)(=O)NCCOc2ccccc2F)cc1. The molecule has 0 unspecified atom stereocenters. The van der Waals surface area contributed by atoms with E-state index in [1.165, 1.54) is 24.3 Å². The predicted molar refractivity (Wildman–Crippen MR) is 78.3 cm³/mol. The third-order valence-corrected chi connectivity index (χ3v) is 4.30. The van der Waals surface area contributed by atoms with Gasteiger partial charge >= 0.3 is 0 Å². The van der Waals surface area contributed by atoms with Crippen molar-refractivity contribution in [2.75, 3.05) is 13.2 Å². The molecule has 0 bridgehead atoms. The Bertz CT molecular complexity index is 699. The summed E-state index contributed by atoms with van der Waals surface area (Å²) in [5.74, 6) is -0.370. The molecule has 0 aromatic heterocycles. The van der Waals surface area contributed by atoms with Crippen LogP contribution < -0.4 is 9.46 Å². The Morgan fingerprint density at radius 1 is 1.10 bits per heavy atom. The first-order chi connectivity index (χ1) is 9.99. The lowest BCUT2D eigenvalue weighted by Crippen LogP contribution is -2.28. The minimum absolute atomic E-state index is 0.0476. The van der Waals surface area contributed by atoms with E-state index >= 15 is 0 Å². The summed E-state index contributed by atoms with van der Waals surface area (Å²) in [6, 6.07) is 12.5. The molecule has 2 aromatic carbocycles. The number of halogens is 1. The summed E-state index contributed by atoms with van der Waals surface area (Å²) < 4.78 is 44.8. The topological polar surface area (TPSA) is 55.4 Å². The van der Waals surface area contributed by atoms with Crippen LogP contribution in [-0.4, -0.2) is 21.6 Å². The lowest BCUT2D eigenvalue weighted by atomic mass is 10.2. The van der Waals surface area contributed by atoms with Gasteiger partial charge in [0.05, 0.1) is 4.90 Å². The van der Waals surface area contributed by atoms with Crippen LogP contribution in [0.25, 0.3) is 0 Å². The van der Waals surface area contributed by atoms with Crippen molar-refractivity contribution in [1.29, 1.82) is 0 Å². The van der Waals surface area contributed by atoms with Crippen LogP contribution in [0, 0.1) is 12.7 Å². The summed E-state index contributed by atoms with van der Waals surface area (Å²) in [5, 5.41) is 0. The van der Waals surface area contributed by atoms with Gasteiger partial charge < -0.3 is 4.74 Å². The highest BCUT2D eigenvalue weighted by Crippen LogP contribution is 2.15. The van der Waals surface area contributed by atoms with Crippen molar-refractivity contribution in [3.05, 3.63) is 59.9 Å². The highest BCUT2D eigenvalue weighted by atomic mass is 32.2. The minimum atomic E-state index is -3.57. The third-order valence-electron chi connectivity index (χ3n) is 2.82. The van der Waals surface area contributed by atoms with Crippen molar-refractivity contribution in [2.24, 2.45) is 0 Å². The van der Waals surface area contributed by atoms with Gasteiger partial charge in [-0.15, -0.1) is 0 Å². The third kappa shape index (κ3) is 4.27. The van der Waals surface area contributed by atoms with Crippen molar-refractivity contribution in [2.45, 2.75) is 11.8 Å². The van der Waals surface area contributed by atoms with E-state index in [1.807, 2.05) is 6.92 Å². The molecule has 0 radical (unpaired) electrons. The van der Waals surface area contributed by atoms with Crippen LogP contribution in [0.5, 0.6) is 5.75 Å². The van der Waals surface area contributed by atoms with Gasteiger partial charge in [-0.2, -0.15) is 0 Å². The molecule has 0 fully saturated rings. The highest BCUT2D eigenvalue weighted by Gasteiger charge is 2.12. The van der Waals surface area contributed by atoms with E-state index in [2.05, 4.69) is 4.72 Å². The lowest BCUT2D eigenvalue weighted by molar-refractivity contribution is 0.306. The van der Waals surface area contributed by atoms with Crippen LogP contribution in [0.3, 0.4) is 0 Å². The molecule has 2 aromatic rings. The van der Waals surface area contributed by atoms with Crippen molar-refractivity contribution >= 4 is 10.0 Å². The van der Waals surface area contributed by atoms with Crippen LogP contribution in [-0.2, 0) is 10.0 Å². The lowest BCUT2D eigenvalue weighted by Gasteiger charge is -2.09. The van der Waals surface area contributed by atoms with E-state index in [4.69, 9.17) is 4.74 Å². The number of hydrogen-bond acceptors (Lipinski definition) is 3. The second kappa shape index (κ2) is 6.69. The molecule has 0 spiro atoms. The fourth-order valence-electron chi connectivity index (χ4n) is 1.70. The minimum Gasteiger partial charge on any atom is -0.489 e. The summed E-state index contributed by atoms with van der Waals surface area (Å²) in [7, 11) is -3.57. The zero-order valence-corrected chi connectivity index (χ0v) is 12.4. The second-order valence-electron chi connectivity index (χ2n) is 4.49. The smallest absolute Gasteiger partial charge is 0.240 e. The number of nitrogens with one attached hydrogen (secondary N) is 1. The number of benzene rings is 2. The Labute approximate surface area is 123 Å². The second-order valence-corrected chi connectivity index (χ2v) is 6.26. The van der Waals surface area contributed by atoms with E-state index in [0.29, 0.717) is 0 Å². The van der Waals surface area contributed by atoms with Gasteiger partial charge in [0.15, 0.2) is 11.6 Å². The first-order valence-corrected chi connectivity index (χ1v) is 7.91. The maximum absolute atomic E-state index is 13.3. The first kappa shape index (κ1) is 15.5. The van der Waals surface area contributed by atoms with Crippen LogP contribution >= 0.6 is 0 Å². The van der Waals surface area contributed by atoms with Gasteiger partial charge in [-0.3, -0.25) is 0 Å². The molecule has 0 saturated heterocycles. The van der Waals surface area contributed by atoms with E-state index < -0.39 is 15.8 Å². The molecule has 0 aliphatic carbocycles. The van der Waals surface area contributed by atoms with Gasteiger partial charge in [-0.25, -0.2) is 17.5 Å². The van der Waals surface area contributed by atoms with Crippen molar-refractivity contribution in [1.82, 2.24) is 4.72 Å².